The van der Waals surface area contributed by atoms with Crippen LogP contribution < -0.4 is 5.32 Å². The molecule has 2 unspecified atom stereocenters. The predicted molar refractivity (Wildman–Crippen MR) is 52.7 cm³/mol. The molecule has 3 nitrogen and oxygen atoms in total. The minimum atomic E-state index is -0.360. The molecular formula is C10H21NO2. The van der Waals surface area contributed by atoms with Gasteiger partial charge in [0.2, 0.25) is 0 Å². The van der Waals surface area contributed by atoms with Gasteiger partial charge >= 0.3 is 0 Å². The highest BCUT2D eigenvalue weighted by atomic mass is 16.5. The number of aliphatic hydroxyl groups is 1. The highest BCUT2D eigenvalue weighted by molar-refractivity contribution is 4.79. The quantitative estimate of drug-likeness (QED) is 0.690. The van der Waals surface area contributed by atoms with Crippen molar-refractivity contribution in [2.24, 2.45) is 0 Å². The molecule has 0 spiro atoms. The van der Waals surface area contributed by atoms with E-state index in [1.807, 2.05) is 0 Å². The number of nitrogens with one attached hydrogen (secondary N) is 1. The molecule has 0 amide bonds. The molecule has 1 rings (SSSR count). The molecule has 2 atom stereocenters. The van der Waals surface area contributed by atoms with Crippen LogP contribution in [0.1, 0.15) is 33.6 Å². The third-order valence-electron chi connectivity index (χ3n) is 2.24. The van der Waals surface area contributed by atoms with Gasteiger partial charge in [-0.2, -0.15) is 0 Å². The standard InChI is InChI=1S/C10H21NO2/c1-10(2,3)11-7-8(12)9-5-4-6-13-9/h8-9,11-12H,4-7H2,1-3H3. The van der Waals surface area contributed by atoms with Gasteiger partial charge in [0, 0.05) is 18.7 Å². The second kappa shape index (κ2) is 4.40. The van der Waals surface area contributed by atoms with Gasteiger partial charge in [0.15, 0.2) is 0 Å². The first kappa shape index (κ1) is 11.0. The fraction of sp³-hybridized carbons (Fsp3) is 1.00. The average molecular weight is 187 g/mol. The Balaban J connectivity index is 2.20. The van der Waals surface area contributed by atoms with E-state index in [9.17, 15) is 5.11 Å². The van der Waals surface area contributed by atoms with E-state index in [4.69, 9.17) is 4.74 Å². The van der Waals surface area contributed by atoms with Crippen molar-refractivity contribution in [3.63, 3.8) is 0 Å². The van der Waals surface area contributed by atoms with Crippen LogP contribution in [-0.4, -0.2) is 36.0 Å². The highest BCUT2D eigenvalue weighted by Gasteiger charge is 2.24. The first-order valence-electron chi connectivity index (χ1n) is 5.04. The van der Waals surface area contributed by atoms with Gasteiger partial charge in [-0.15, -0.1) is 0 Å². The number of rotatable bonds is 3. The molecule has 13 heavy (non-hydrogen) atoms. The third kappa shape index (κ3) is 4.07. The lowest BCUT2D eigenvalue weighted by atomic mass is 10.1. The van der Waals surface area contributed by atoms with Crippen molar-refractivity contribution in [3.05, 3.63) is 0 Å². The molecule has 1 aliphatic rings. The average Bonchev–Trinajstić information content (AvgIpc) is 2.50. The molecule has 0 saturated carbocycles. The monoisotopic (exact) mass is 187 g/mol. The van der Waals surface area contributed by atoms with Crippen LogP contribution in [0, 0.1) is 0 Å². The van der Waals surface area contributed by atoms with Gasteiger partial charge in [0.05, 0.1) is 12.2 Å². The van der Waals surface area contributed by atoms with E-state index in [0.29, 0.717) is 6.54 Å². The van der Waals surface area contributed by atoms with Crippen molar-refractivity contribution in [2.75, 3.05) is 13.2 Å². The molecule has 2 N–H and O–H groups in total. The van der Waals surface area contributed by atoms with Crippen molar-refractivity contribution in [1.82, 2.24) is 5.32 Å². The molecule has 1 heterocycles. The van der Waals surface area contributed by atoms with Crippen molar-refractivity contribution in [2.45, 2.75) is 51.4 Å². The van der Waals surface area contributed by atoms with E-state index < -0.39 is 0 Å². The number of ether oxygens (including phenoxy) is 1. The van der Waals surface area contributed by atoms with Crippen molar-refractivity contribution >= 4 is 0 Å². The Kier molecular flexibility index (Phi) is 3.71. The smallest absolute Gasteiger partial charge is 0.0926 e. The lowest BCUT2D eigenvalue weighted by Crippen LogP contribution is -2.44. The first-order chi connectivity index (χ1) is 5.99. The Morgan fingerprint density at radius 1 is 1.54 bits per heavy atom. The number of aliphatic hydroxyl groups excluding tert-OH is 1. The zero-order valence-corrected chi connectivity index (χ0v) is 8.84. The van der Waals surface area contributed by atoms with E-state index in [2.05, 4.69) is 26.1 Å². The van der Waals surface area contributed by atoms with E-state index in [0.717, 1.165) is 19.4 Å². The molecular weight excluding hydrogens is 166 g/mol. The van der Waals surface area contributed by atoms with Gasteiger partial charge in [-0.25, -0.2) is 0 Å². The fourth-order valence-corrected chi connectivity index (χ4v) is 1.45. The summed E-state index contributed by atoms with van der Waals surface area (Å²) in [5, 5.41) is 13.0. The van der Waals surface area contributed by atoms with Crippen LogP contribution in [0.15, 0.2) is 0 Å². The van der Waals surface area contributed by atoms with Crippen LogP contribution in [0.4, 0.5) is 0 Å². The van der Waals surface area contributed by atoms with E-state index in [1.165, 1.54) is 0 Å². The summed E-state index contributed by atoms with van der Waals surface area (Å²) in [5.74, 6) is 0. The van der Waals surface area contributed by atoms with Crippen molar-refractivity contribution < 1.29 is 9.84 Å². The molecule has 0 bridgehead atoms. The molecule has 3 heteroatoms. The van der Waals surface area contributed by atoms with Crippen LogP contribution in [0.2, 0.25) is 0 Å². The van der Waals surface area contributed by atoms with Crippen LogP contribution >= 0.6 is 0 Å². The summed E-state index contributed by atoms with van der Waals surface area (Å²) >= 11 is 0. The highest BCUT2D eigenvalue weighted by Crippen LogP contribution is 2.15. The lowest BCUT2D eigenvalue weighted by Gasteiger charge is -2.25. The molecule has 1 aliphatic heterocycles. The largest absolute Gasteiger partial charge is 0.389 e. The van der Waals surface area contributed by atoms with E-state index in [-0.39, 0.29) is 17.7 Å². The maximum atomic E-state index is 9.72. The summed E-state index contributed by atoms with van der Waals surface area (Å²) < 4.78 is 5.39. The predicted octanol–water partition coefficient (Wildman–Crippen LogP) is 0.914. The first-order valence-corrected chi connectivity index (χ1v) is 5.04. The van der Waals surface area contributed by atoms with Crippen molar-refractivity contribution in [1.29, 1.82) is 0 Å². The van der Waals surface area contributed by atoms with Crippen LogP contribution in [0.25, 0.3) is 0 Å². The summed E-state index contributed by atoms with van der Waals surface area (Å²) in [4.78, 5) is 0. The number of β-amino-alcohol motifs (C(OH)–C–C–N with tert-alkyl or cyclic N) is 1. The summed E-state index contributed by atoms with van der Waals surface area (Å²) in [5.41, 5.74) is 0.0690. The van der Waals surface area contributed by atoms with Gasteiger partial charge in [-0.05, 0) is 33.6 Å². The Bertz CT molecular complexity index is 147. The zero-order chi connectivity index (χ0) is 9.90. The summed E-state index contributed by atoms with van der Waals surface area (Å²) in [6.45, 7) is 7.70. The normalized spacial score (nSPS) is 26.3. The molecule has 0 aromatic rings. The molecule has 0 aromatic carbocycles. The van der Waals surface area contributed by atoms with Crippen LogP contribution in [0.3, 0.4) is 0 Å². The molecule has 0 radical (unpaired) electrons. The maximum Gasteiger partial charge on any atom is 0.0926 e. The summed E-state index contributed by atoms with van der Waals surface area (Å²) in [6.07, 6.45) is 1.76. The van der Waals surface area contributed by atoms with Crippen LogP contribution in [-0.2, 0) is 4.74 Å². The van der Waals surface area contributed by atoms with Gasteiger partial charge < -0.3 is 15.2 Å². The molecule has 78 valence electrons. The van der Waals surface area contributed by atoms with E-state index in [1.54, 1.807) is 0 Å². The third-order valence-corrected chi connectivity index (χ3v) is 2.24. The maximum absolute atomic E-state index is 9.72. The minimum absolute atomic E-state index is 0.0508. The second-order valence-corrected chi connectivity index (χ2v) is 4.75. The zero-order valence-electron chi connectivity index (χ0n) is 8.84. The Morgan fingerprint density at radius 2 is 2.23 bits per heavy atom. The number of hydrogen-bond donors (Lipinski definition) is 2. The summed E-state index contributed by atoms with van der Waals surface area (Å²) in [6, 6.07) is 0. The van der Waals surface area contributed by atoms with E-state index >= 15 is 0 Å². The Labute approximate surface area is 80.5 Å². The van der Waals surface area contributed by atoms with Gasteiger partial charge in [-0.3, -0.25) is 0 Å². The van der Waals surface area contributed by atoms with Gasteiger partial charge in [0.1, 0.15) is 0 Å². The fourth-order valence-electron chi connectivity index (χ4n) is 1.45. The Morgan fingerprint density at radius 3 is 2.69 bits per heavy atom. The van der Waals surface area contributed by atoms with Gasteiger partial charge in [0.25, 0.3) is 0 Å². The minimum Gasteiger partial charge on any atom is -0.389 e. The molecule has 0 aromatic heterocycles. The second-order valence-electron chi connectivity index (χ2n) is 4.75. The Hall–Kier alpha value is -0.120. The number of hydrogen-bond acceptors (Lipinski definition) is 3. The summed E-state index contributed by atoms with van der Waals surface area (Å²) in [7, 11) is 0. The van der Waals surface area contributed by atoms with Crippen molar-refractivity contribution in [3.8, 4) is 0 Å². The van der Waals surface area contributed by atoms with Crippen LogP contribution in [0.5, 0.6) is 0 Å². The molecule has 1 saturated heterocycles. The van der Waals surface area contributed by atoms with Gasteiger partial charge in [-0.1, -0.05) is 0 Å². The molecule has 0 aliphatic carbocycles. The lowest BCUT2D eigenvalue weighted by molar-refractivity contribution is -0.00299. The molecule has 1 fully saturated rings. The topological polar surface area (TPSA) is 41.5 Å². The SMILES string of the molecule is CC(C)(C)NCC(O)C1CCCO1.